The van der Waals surface area contributed by atoms with Crippen LogP contribution in [0.3, 0.4) is 0 Å². The standard InChI is InChI=1S/C13H15N3O/c17-13(7-10-3-5-14-6-4-10)12-8-15-9-16(12)11-1-2-11/h3-6,8-9,11,13,17H,1-2,7H2. The van der Waals surface area contributed by atoms with Crippen molar-refractivity contribution >= 4 is 0 Å². The highest BCUT2D eigenvalue weighted by atomic mass is 16.3. The van der Waals surface area contributed by atoms with E-state index in [1.54, 1.807) is 18.6 Å². The van der Waals surface area contributed by atoms with Crippen molar-refractivity contribution in [3.05, 3.63) is 48.3 Å². The molecule has 1 atom stereocenters. The van der Waals surface area contributed by atoms with E-state index in [-0.39, 0.29) is 0 Å². The molecular weight excluding hydrogens is 214 g/mol. The van der Waals surface area contributed by atoms with Crippen molar-refractivity contribution < 1.29 is 5.11 Å². The van der Waals surface area contributed by atoms with Crippen LogP contribution < -0.4 is 0 Å². The van der Waals surface area contributed by atoms with E-state index < -0.39 is 6.10 Å². The summed E-state index contributed by atoms with van der Waals surface area (Å²) >= 11 is 0. The van der Waals surface area contributed by atoms with E-state index in [1.807, 2.05) is 18.5 Å². The second kappa shape index (κ2) is 4.30. The van der Waals surface area contributed by atoms with Crippen LogP contribution in [0.25, 0.3) is 0 Å². The molecule has 2 heterocycles. The zero-order valence-corrected chi connectivity index (χ0v) is 9.53. The Bertz CT molecular complexity index is 490. The van der Waals surface area contributed by atoms with Gasteiger partial charge in [0.05, 0.1) is 24.3 Å². The lowest BCUT2D eigenvalue weighted by molar-refractivity contribution is 0.168. The van der Waals surface area contributed by atoms with E-state index in [0.29, 0.717) is 12.5 Å². The molecule has 1 N–H and O–H groups in total. The van der Waals surface area contributed by atoms with Gasteiger partial charge in [0.25, 0.3) is 0 Å². The minimum Gasteiger partial charge on any atom is -0.386 e. The van der Waals surface area contributed by atoms with Crippen LogP contribution in [-0.4, -0.2) is 19.6 Å². The van der Waals surface area contributed by atoms with Crippen LogP contribution in [0.4, 0.5) is 0 Å². The number of pyridine rings is 1. The Morgan fingerprint density at radius 1 is 1.29 bits per heavy atom. The van der Waals surface area contributed by atoms with Gasteiger partial charge in [-0.25, -0.2) is 4.98 Å². The van der Waals surface area contributed by atoms with Crippen LogP contribution >= 0.6 is 0 Å². The molecule has 2 aromatic heterocycles. The first kappa shape index (κ1) is 10.5. The number of rotatable bonds is 4. The van der Waals surface area contributed by atoms with Crippen LogP contribution in [-0.2, 0) is 6.42 Å². The van der Waals surface area contributed by atoms with Crippen molar-refractivity contribution in [3.63, 3.8) is 0 Å². The molecule has 0 saturated heterocycles. The zero-order chi connectivity index (χ0) is 11.7. The summed E-state index contributed by atoms with van der Waals surface area (Å²) in [5.41, 5.74) is 2.01. The highest BCUT2D eigenvalue weighted by molar-refractivity contribution is 5.15. The molecule has 1 unspecified atom stereocenters. The molecule has 1 fully saturated rings. The summed E-state index contributed by atoms with van der Waals surface area (Å²) in [6.45, 7) is 0. The van der Waals surface area contributed by atoms with Crippen LogP contribution in [0.5, 0.6) is 0 Å². The Balaban J connectivity index is 1.77. The topological polar surface area (TPSA) is 50.9 Å². The minimum atomic E-state index is -0.486. The number of aliphatic hydroxyl groups excluding tert-OH is 1. The van der Waals surface area contributed by atoms with E-state index in [9.17, 15) is 5.11 Å². The molecule has 3 rings (SSSR count). The van der Waals surface area contributed by atoms with Gasteiger partial charge in [0.15, 0.2) is 0 Å². The molecule has 2 aromatic rings. The van der Waals surface area contributed by atoms with Crippen molar-refractivity contribution in [3.8, 4) is 0 Å². The first-order valence-corrected chi connectivity index (χ1v) is 5.93. The molecule has 0 spiro atoms. The molecule has 1 aliphatic carbocycles. The summed E-state index contributed by atoms with van der Waals surface area (Å²) in [6.07, 6.45) is 9.62. The largest absolute Gasteiger partial charge is 0.386 e. The third-order valence-corrected chi connectivity index (χ3v) is 3.16. The molecule has 0 amide bonds. The van der Waals surface area contributed by atoms with Gasteiger partial charge in [0.1, 0.15) is 0 Å². The first-order valence-electron chi connectivity index (χ1n) is 5.93. The molecule has 0 aliphatic heterocycles. The Kier molecular flexibility index (Phi) is 2.65. The van der Waals surface area contributed by atoms with E-state index >= 15 is 0 Å². The fourth-order valence-corrected chi connectivity index (χ4v) is 2.08. The number of imidazole rings is 1. The van der Waals surface area contributed by atoms with Crippen molar-refractivity contribution in [1.82, 2.24) is 14.5 Å². The Morgan fingerprint density at radius 3 is 2.76 bits per heavy atom. The molecule has 0 radical (unpaired) electrons. The fraction of sp³-hybridized carbons (Fsp3) is 0.385. The van der Waals surface area contributed by atoms with Gasteiger partial charge in [-0.2, -0.15) is 0 Å². The minimum absolute atomic E-state index is 0.486. The molecule has 88 valence electrons. The van der Waals surface area contributed by atoms with Gasteiger partial charge < -0.3 is 9.67 Å². The van der Waals surface area contributed by atoms with Gasteiger partial charge >= 0.3 is 0 Å². The Hall–Kier alpha value is -1.68. The highest BCUT2D eigenvalue weighted by Crippen LogP contribution is 2.37. The summed E-state index contributed by atoms with van der Waals surface area (Å²) in [5.74, 6) is 0. The van der Waals surface area contributed by atoms with Crippen molar-refractivity contribution in [2.24, 2.45) is 0 Å². The average Bonchev–Trinajstić information content (AvgIpc) is 3.08. The van der Waals surface area contributed by atoms with Gasteiger partial charge in [-0.05, 0) is 30.5 Å². The summed E-state index contributed by atoms with van der Waals surface area (Å²) in [6, 6.07) is 4.42. The monoisotopic (exact) mass is 229 g/mol. The second-order valence-electron chi connectivity index (χ2n) is 4.53. The fourth-order valence-electron chi connectivity index (χ4n) is 2.08. The predicted octanol–water partition coefficient (Wildman–Crippen LogP) is 1.89. The van der Waals surface area contributed by atoms with E-state index in [2.05, 4.69) is 14.5 Å². The van der Waals surface area contributed by atoms with Crippen LogP contribution in [0.15, 0.2) is 37.1 Å². The molecule has 4 heteroatoms. The Morgan fingerprint density at radius 2 is 2.06 bits per heavy atom. The number of nitrogens with zero attached hydrogens (tertiary/aromatic N) is 3. The van der Waals surface area contributed by atoms with Crippen molar-refractivity contribution in [1.29, 1.82) is 0 Å². The lowest BCUT2D eigenvalue weighted by Gasteiger charge is -2.13. The van der Waals surface area contributed by atoms with E-state index in [4.69, 9.17) is 0 Å². The lowest BCUT2D eigenvalue weighted by atomic mass is 10.1. The first-order chi connectivity index (χ1) is 8.34. The van der Waals surface area contributed by atoms with Gasteiger partial charge in [-0.1, -0.05) is 0 Å². The maximum atomic E-state index is 10.2. The molecule has 4 nitrogen and oxygen atoms in total. The number of hydrogen-bond acceptors (Lipinski definition) is 3. The third kappa shape index (κ3) is 2.22. The third-order valence-electron chi connectivity index (χ3n) is 3.16. The van der Waals surface area contributed by atoms with Crippen molar-refractivity contribution in [2.75, 3.05) is 0 Å². The number of hydrogen-bond donors (Lipinski definition) is 1. The van der Waals surface area contributed by atoms with E-state index in [1.165, 1.54) is 12.8 Å². The van der Waals surface area contributed by atoms with Gasteiger partial charge in [0, 0.05) is 24.9 Å². The second-order valence-corrected chi connectivity index (χ2v) is 4.53. The average molecular weight is 229 g/mol. The van der Waals surface area contributed by atoms with Gasteiger partial charge in [-0.15, -0.1) is 0 Å². The SMILES string of the molecule is OC(Cc1ccncc1)c1cncn1C1CC1. The lowest BCUT2D eigenvalue weighted by Crippen LogP contribution is -2.08. The van der Waals surface area contributed by atoms with Crippen molar-refractivity contribution in [2.45, 2.75) is 31.4 Å². The van der Waals surface area contributed by atoms with Gasteiger partial charge in [0.2, 0.25) is 0 Å². The summed E-state index contributed by atoms with van der Waals surface area (Å²) in [7, 11) is 0. The van der Waals surface area contributed by atoms with Crippen LogP contribution in [0, 0.1) is 0 Å². The Labute approximate surface area is 100.0 Å². The molecule has 0 aromatic carbocycles. The molecular formula is C13H15N3O. The smallest absolute Gasteiger partial charge is 0.0996 e. The molecule has 17 heavy (non-hydrogen) atoms. The van der Waals surface area contributed by atoms with Gasteiger partial charge in [-0.3, -0.25) is 4.98 Å². The number of aliphatic hydroxyl groups is 1. The molecule has 1 aliphatic rings. The summed E-state index contributed by atoms with van der Waals surface area (Å²) in [5, 5.41) is 10.2. The number of aromatic nitrogens is 3. The predicted molar refractivity (Wildman–Crippen MR) is 63.4 cm³/mol. The van der Waals surface area contributed by atoms with Crippen LogP contribution in [0.2, 0.25) is 0 Å². The maximum absolute atomic E-state index is 10.2. The summed E-state index contributed by atoms with van der Waals surface area (Å²) < 4.78 is 2.10. The van der Waals surface area contributed by atoms with Crippen LogP contribution in [0.1, 0.15) is 36.2 Å². The molecule has 1 saturated carbocycles. The quantitative estimate of drug-likeness (QED) is 0.871. The highest BCUT2D eigenvalue weighted by Gasteiger charge is 2.27. The summed E-state index contributed by atoms with van der Waals surface area (Å²) in [4.78, 5) is 8.11. The maximum Gasteiger partial charge on any atom is 0.0996 e. The zero-order valence-electron chi connectivity index (χ0n) is 9.53. The molecule has 0 bridgehead atoms. The normalized spacial score (nSPS) is 17.0. The van der Waals surface area contributed by atoms with E-state index in [0.717, 1.165) is 11.3 Å².